The molecule has 5 N–H and O–H groups in total. The maximum atomic E-state index is 10.8. The van der Waals surface area contributed by atoms with Gasteiger partial charge in [-0.1, -0.05) is 37.1 Å². The maximum Gasteiger partial charge on any atom is 0.337 e. The summed E-state index contributed by atoms with van der Waals surface area (Å²) in [4.78, 5) is 22.5. The number of aromatic carboxylic acids is 2. The van der Waals surface area contributed by atoms with Gasteiger partial charge in [0, 0.05) is 15.7 Å². The maximum absolute atomic E-state index is 10.8. The number of likely N-dealkylation sites (N-methyl/N-ethyl adjacent to an activating group) is 2. The first kappa shape index (κ1) is 31.5. The second-order valence-corrected chi connectivity index (χ2v) is 9.32. The highest BCUT2D eigenvalue weighted by Crippen LogP contribution is 2.17. The molecule has 1 aliphatic carbocycles. The number of carbonyl (C=O) groups is 2. The fourth-order valence-electron chi connectivity index (χ4n) is 3.79. The van der Waals surface area contributed by atoms with Crippen molar-refractivity contribution in [2.45, 2.75) is 37.8 Å². The lowest BCUT2D eigenvalue weighted by molar-refractivity contribution is 0.0685. The van der Waals surface area contributed by atoms with Crippen LogP contribution in [0.5, 0.6) is 0 Å². The topological polar surface area (TPSA) is 171 Å². The van der Waals surface area contributed by atoms with Crippen molar-refractivity contribution in [2.75, 3.05) is 14.1 Å². The lowest BCUT2D eigenvalue weighted by Gasteiger charge is -2.30. The highest BCUT2D eigenvalue weighted by Gasteiger charge is 2.21. The molecule has 12 nitrogen and oxygen atoms in total. The lowest BCUT2D eigenvalue weighted by Crippen LogP contribution is -2.47. The van der Waals surface area contributed by atoms with Crippen molar-refractivity contribution in [3.05, 3.63) is 88.0 Å². The van der Waals surface area contributed by atoms with Gasteiger partial charge in [-0.2, -0.15) is 30.4 Å². The highest BCUT2D eigenvalue weighted by atomic mass is 127. The summed E-state index contributed by atoms with van der Waals surface area (Å²) in [6.45, 7) is 0. The van der Waals surface area contributed by atoms with E-state index in [9.17, 15) is 9.59 Å². The Morgan fingerprint density at radius 2 is 1.31 bits per heavy atom. The van der Waals surface area contributed by atoms with Crippen molar-refractivity contribution < 1.29 is 19.8 Å². The molecule has 0 spiro atoms. The van der Waals surface area contributed by atoms with Gasteiger partial charge in [0.15, 0.2) is 0 Å². The van der Waals surface area contributed by atoms with Crippen LogP contribution in [-0.4, -0.2) is 78.7 Å². The average molecular weight is 649 g/mol. The molecule has 2 atom stereocenters. The Labute approximate surface area is 240 Å². The number of aromatic amines is 1. The van der Waals surface area contributed by atoms with E-state index in [4.69, 9.17) is 10.2 Å². The van der Waals surface area contributed by atoms with Crippen LogP contribution in [0.25, 0.3) is 5.69 Å². The molecular weight excluding hydrogens is 615 g/mol. The number of H-pyrrole nitrogens is 1. The van der Waals surface area contributed by atoms with E-state index in [2.05, 4.69) is 50.3 Å². The van der Waals surface area contributed by atoms with Crippen LogP contribution in [0.4, 0.5) is 0 Å². The zero-order chi connectivity index (χ0) is 28.5. The molecule has 0 saturated heterocycles. The van der Waals surface area contributed by atoms with E-state index in [0.717, 1.165) is 3.57 Å². The smallest absolute Gasteiger partial charge is 0.337 e. The van der Waals surface area contributed by atoms with Gasteiger partial charge in [-0.3, -0.25) is 0 Å². The zero-order valence-electron chi connectivity index (χ0n) is 21.7. The minimum Gasteiger partial charge on any atom is -0.478 e. The number of carboxylic acid groups (broad SMARTS) is 2. The van der Waals surface area contributed by atoms with E-state index in [1.54, 1.807) is 48.8 Å². The van der Waals surface area contributed by atoms with Crippen molar-refractivity contribution in [3.8, 4) is 5.69 Å². The molecule has 0 aliphatic heterocycles. The number of para-hydroxylation sites is 1. The summed E-state index contributed by atoms with van der Waals surface area (Å²) in [6, 6.07) is 14.9. The van der Waals surface area contributed by atoms with Gasteiger partial charge in [0.1, 0.15) is 5.69 Å². The summed E-state index contributed by atoms with van der Waals surface area (Å²) < 4.78 is 0.771. The van der Waals surface area contributed by atoms with Crippen LogP contribution in [-0.2, 0) is 0 Å². The van der Waals surface area contributed by atoms with Crippen molar-refractivity contribution in [1.82, 2.24) is 41.0 Å². The normalized spacial score (nSPS) is 15.8. The van der Waals surface area contributed by atoms with Gasteiger partial charge >= 0.3 is 11.9 Å². The minimum atomic E-state index is -0.988. The average Bonchev–Trinajstić information content (AvgIpc) is 3.72. The van der Waals surface area contributed by atoms with Crippen molar-refractivity contribution in [2.24, 2.45) is 0 Å². The summed E-state index contributed by atoms with van der Waals surface area (Å²) >= 11 is 1.99. The molecule has 2 heterocycles. The molecule has 4 aromatic rings. The number of rotatable bonds is 5. The van der Waals surface area contributed by atoms with Crippen molar-refractivity contribution in [1.29, 1.82) is 0 Å². The van der Waals surface area contributed by atoms with E-state index >= 15 is 0 Å². The third kappa shape index (κ3) is 10.9. The van der Waals surface area contributed by atoms with Crippen LogP contribution in [0.2, 0.25) is 0 Å². The van der Waals surface area contributed by atoms with Gasteiger partial charge in [-0.15, -0.1) is 0 Å². The minimum absolute atomic E-state index is 0.184. The molecule has 0 radical (unpaired) electrons. The number of nitrogens with zero attached hydrogens (tertiary/aromatic N) is 5. The second kappa shape index (κ2) is 17.8. The van der Waals surface area contributed by atoms with Gasteiger partial charge < -0.3 is 20.8 Å². The quantitative estimate of drug-likeness (QED) is 0.202. The van der Waals surface area contributed by atoms with Gasteiger partial charge in [0.25, 0.3) is 0 Å². The first-order valence-corrected chi connectivity index (χ1v) is 13.3. The number of benzene rings is 2. The molecule has 1 saturated carbocycles. The lowest BCUT2D eigenvalue weighted by atomic mass is 9.91. The zero-order valence-corrected chi connectivity index (χ0v) is 23.9. The fraction of sp³-hybridized carbons (Fsp3) is 0.308. The molecule has 0 unspecified atom stereocenters. The molecule has 1 aliphatic rings. The summed E-state index contributed by atoms with van der Waals surface area (Å²) in [7, 11) is 4.11. The van der Waals surface area contributed by atoms with Crippen LogP contribution in [0, 0.1) is 3.57 Å². The van der Waals surface area contributed by atoms with Crippen LogP contribution < -0.4 is 10.6 Å². The molecule has 2 aromatic carbocycles. The number of hydrogen-bond donors (Lipinski definition) is 5. The van der Waals surface area contributed by atoms with Gasteiger partial charge in [0.2, 0.25) is 0 Å². The predicted molar refractivity (Wildman–Crippen MR) is 155 cm³/mol. The van der Waals surface area contributed by atoms with Crippen LogP contribution in [0.3, 0.4) is 0 Å². The molecule has 1 fully saturated rings. The Kier molecular flexibility index (Phi) is 14.3. The molecule has 2 aromatic heterocycles. The summed E-state index contributed by atoms with van der Waals surface area (Å²) in [6.07, 6.45) is 11.6. The first-order valence-electron chi connectivity index (χ1n) is 12.2. The van der Waals surface area contributed by atoms with E-state index < -0.39 is 11.9 Å². The number of carboxylic acids is 2. The third-order valence-corrected chi connectivity index (χ3v) is 6.65. The third-order valence-electron chi connectivity index (χ3n) is 5.71. The Balaban J connectivity index is 0.000000192. The molecule has 5 rings (SSSR count). The molecule has 39 heavy (non-hydrogen) atoms. The van der Waals surface area contributed by atoms with Crippen LogP contribution in [0.1, 0.15) is 46.4 Å². The van der Waals surface area contributed by atoms with E-state index in [1.807, 2.05) is 28.7 Å². The SMILES string of the molecule is CN[C@H]1CCCC[C@@H]1NC.O=C(O)c1ccccc1-n1nccn1.O=C(O)c1ccccc1I.c1cn[nH]n1. The number of hydrogen-bond acceptors (Lipinski definition) is 8. The predicted octanol–water partition coefficient (Wildman–Crippen LogP) is 3.50. The summed E-state index contributed by atoms with van der Waals surface area (Å²) in [5.74, 6) is -1.86. The highest BCUT2D eigenvalue weighted by molar-refractivity contribution is 14.1. The number of nitrogens with one attached hydrogen (secondary N) is 3. The molecule has 0 amide bonds. The fourth-order valence-corrected chi connectivity index (χ4v) is 4.41. The number of aromatic nitrogens is 6. The molecular formula is C26H33IN8O4. The Morgan fingerprint density at radius 3 is 1.72 bits per heavy atom. The van der Waals surface area contributed by atoms with Crippen molar-refractivity contribution >= 4 is 34.5 Å². The summed E-state index contributed by atoms with van der Waals surface area (Å²) in [5, 5.41) is 41.2. The van der Waals surface area contributed by atoms with E-state index in [1.165, 1.54) is 48.9 Å². The molecule has 208 valence electrons. The van der Waals surface area contributed by atoms with E-state index in [-0.39, 0.29) is 5.56 Å². The van der Waals surface area contributed by atoms with Crippen molar-refractivity contribution in [3.63, 3.8) is 0 Å². The Morgan fingerprint density at radius 1 is 0.821 bits per heavy atom. The Hall–Kier alpha value is -3.69. The van der Waals surface area contributed by atoms with Crippen LogP contribution in [0.15, 0.2) is 73.3 Å². The first-order chi connectivity index (χ1) is 18.9. The Bertz CT molecular complexity index is 1210. The second-order valence-electron chi connectivity index (χ2n) is 8.16. The van der Waals surface area contributed by atoms with Gasteiger partial charge in [-0.25, -0.2) is 9.59 Å². The number of halogens is 1. The molecule has 13 heteroatoms. The van der Waals surface area contributed by atoms with Gasteiger partial charge in [0.05, 0.1) is 35.9 Å². The van der Waals surface area contributed by atoms with Gasteiger partial charge in [-0.05, 0) is 73.8 Å². The van der Waals surface area contributed by atoms with E-state index in [0.29, 0.717) is 23.3 Å². The summed E-state index contributed by atoms with van der Waals surface area (Å²) in [5.41, 5.74) is 1.01. The molecule has 0 bridgehead atoms. The van der Waals surface area contributed by atoms with Crippen LogP contribution >= 0.6 is 22.6 Å². The largest absolute Gasteiger partial charge is 0.478 e. The standard InChI is InChI=1S/C9H7N3O2.C8H18N2.C7H5IO2.C2H3N3/c13-9(14)7-3-1-2-4-8(7)12-10-5-6-11-12;1-9-7-5-3-4-6-8(7)10-2;8-6-4-2-1-3-5(6)7(9)10;1-2-4-5-3-1/h1-6H,(H,13,14);7-10H,3-6H2,1-2H3;1-4H,(H,9,10);1-2H,(H,3,4,5)/t;7-,8-;;/m.0../s1. The monoisotopic (exact) mass is 648 g/mol.